The number of esters is 1. The van der Waals surface area contributed by atoms with Crippen molar-refractivity contribution in [1.29, 1.82) is 0 Å². The molecule has 2 aromatic heterocycles. The topological polar surface area (TPSA) is 68.2 Å². The number of carbonyl (C=O) groups is 1. The van der Waals surface area contributed by atoms with Crippen molar-refractivity contribution in [1.82, 2.24) is 15.1 Å². The zero-order valence-corrected chi connectivity index (χ0v) is 18.2. The predicted octanol–water partition coefficient (Wildman–Crippen LogP) is 4.08. The Morgan fingerprint density at radius 2 is 2.18 bits per heavy atom. The molecular weight excluding hydrogens is 392 g/mol. The van der Waals surface area contributed by atoms with Crippen molar-refractivity contribution in [3.05, 3.63) is 34.0 Å². The van der Waals surface area contributed by atoms with Crippen LogP contribution in [0, 0.1) is 6.92 Å². The van der Waals surface area contributed by atoms with Gasteiger partial charge in [-0.25, -0.2) is 4.79 Å². The number of carbonyl (C=O) groups excluding carboxylic acids is 1. The molecule has 1 aliphatic carbocycles. The van der Waals surface area contributed by atoms with Gasteiger partial charge >= 0.3 is 5.97 Å². The first-order chi connectivity index (χ1) is 13.6. The zero-order valence-electron chi connectivity index (χ0n) is 16.5. The van der Waals surface area contributed by atoms with Crippen LogP contribution in [0.4, 0.5) is 5.00 Å². The van der Waals surface area contributed by atoms with Crippen LogP contribution < -0.4 is 10.6 Å². The summed E-state index contributed by atoms with van der Waals surface area (Å²) in [7, 11) is 0. The summed E-state index contributed by atoms with van der Waals surface area (Å²) >= 11 is 7.10. The lowest BCUT2D eigenvalue weighted by Gasteiger charge is -2.11. The highest BCUT2D eigenvalue weighted by Gasteiger charge is 2.26. The maximum Gasteiger partial charge on any atom is 0.341 e. The predicted molar refractivity (Wildman–Crippen MR) is 117 cm³/mol. The molecule has 0 unspecified atom stereocenters. The van der Waals surface area contributed by atoms with Crippen molar-refractivity contribution < 1.29 is 9.53 Å². The van der Waals surface area contributed by atoms with Crippen LogP contribution in [0.1, 0.15) is 59.1 Å². The summed E-state index contributed by atoms with van der Waals surface area (Å²) in [5.74, 6) is -0.249. The summed E-state index contributed by atoms with van der Waals surface area (Å²) in [5, 5.41) is 12.2. The van der Waals surface area contributed by atoms with Crippen LogP contribution in [-0.4, -0.2) is 34.0 Å². The number of aryl methyl sites for hydroxylation is 3. The molecule has 0 aliphatic heterocycles. The van der Waals surface area contributed by atoms with E-state index in [1.54, 1.807) is 11.3 Å². The summed E-state index contributed by atoms with van der Waals surface area (Å²) in [6, 6.07) is 2.00. The minimum atomic E-state index is -0.249. The number of nitrogens with one attached hydrogen (secondary N) is 2. The number of fused-ring (bicyclic) bond motifs is 1. The molecule has 28 heavy (non-hydrogen) atoms. The molecule has 0 saturated carbocycles. The number of thiocarbonyl (C=S) groups is 1. The van der Waals surface area contributed by atoms with Crippen LogP contribution in [0.2, 0.25) is 0 Å². The third-order valence-corrected chi connectivity index (χ3v) is 6.21. The average molecular weight is 421 g/mol. The van der Waals surface area contributed by atoms with Crippen LogP contribution in [0.3, 0.4) is 0 Å². The van der Waals surface area contributed by atoms with Gasteiger partial charge < -0.3 is 15.4 Å². The number of hydrogen-bond donors (Lipinski definition) is 2. The molecule has 2 N–H and O–H groups in total. The summed E-state index contributed by atoms with van der Waals surface area (Å²) in [4.78, 5) is 13.9. The Labute approximate surface area is 175 Å². The highest BCUT2D eigenvalue weighted by molar-refractivity contribution is 7.80. The highest BCUT2D eigenvalue weighted by atomic mass is 32.1. The Bertz CT molecular complexity index is 828. The van der Waals surface area contributed by atoms with E-state index in [-0.39, 0.29) is 5.97 Å². The number of hydrogen-bond acceptors (Lipinski definition) is 5. The molecule has 0 bridgehead atoms. The molecular formula is C20H28N4O2S2. The van der Waals surface area contributed by atoms with Gasteiger partial charge in [-0.05, 0) is 69.8 Å². The van der Waals surface area contributed by atoms with Gasteiger partial charge in [0.1, 0.15) is 5.00 Å². The van der Waals surface area contributed by atoms with Crippen molar-refractivity contribution in [2.75, 3.05) is 18.5 Å². The van der Waals surface area contributed by atoms with Gasteiger partial charge in [-0.3, -0.25) is 4.68 Å². The highest BCUT2D eigenvalue weighted by Crippen LogP contribution is 2.38. The van der Waals surface area contributed by atoms with E-state index < -0.39 is 0 Å². The van der Waals surface area contributed by atoms with E-state index in [1.165, 1.54) is 17.7 Å². The second-order valence-corrected chi connectivity index (χ2v) is 8.46. The number of aromatic nitrogens is 2. The Hall–Kier alpha value is -1.93. The van der Waals surface area contributed by atoms with Crippen LogP contribution in [0.25, 0.3) is 0 Å². The van der Waals surface area contributed by atoms with Crippen molar-refractivity contribution in [3.8, 4) is 0 Å². The summed E-state index contributed by atoms with van der Waals surface area (Å²) in [5.41, 5.74) is 2.86. The van der Waals surface area contributed by atoms with Crippen LogP contribution >= 0.6 is 23.6 Å². The lowest BCUT2D eigenvalue weighted by molar-refractivity contribution is 0.0527. The molecule has 0 radical (unpaired) electrons. The molecule has 0 aromatic carbocycles. The number of anilines is 1. The van der Waals surface area contributed by atoms with Gasteiger partial charge in [0, 0.05) is 24.2 Å². The van der Waals surface area contributed by atoms with Gasteiger partial charge in [-0.1, -0.05) is 6.42 Å². The Morgan fingerprint density at radius 1 is 1.36 bits per heavy atom. The first kappa shape index (κ1) is 20.8. The second-order valence-electron chi connectivity index (χ2n) is 6.94. The summed E-state index contributed by atoms with van der Waals surface area (Å²) < 4.78 is 7.25. The van der Waals surface area contributed by atoms with E-state index in [9.17, 15) is 4.79 Å². The molecule has 2 aromatic rings. The fourth-order valence-corrected chi connectivity index (χ4v) is 4.98. The Balaban J connectivity index is 1.60. The van der Waals surface area contributed by atoms with E-state index in [1.807, 2.05) is 30.8 Å². The number of thiophene rings is 1. The Kier molecular flexibility index (Phi) is 7.44. The molecule has 6 nitrogen and oxygen atoms in total. The minimum Gasteiger partial charge on any atom is -0.462 e. The van der Waals surface area contributed by atoms with Gasteiger partial charge in [-0.15, -0.1) is 11.3 Å². The molecule has 0 fully saturated rings. The van der Waals surface area contributed by atoms with Gasteiger partial charge in [0.25, 0.3) is 0 Å². The SMILES string of the molecule is CCOC(=O)c1c(NC(=S)NCCCn2ccc(C)n2)sc2c1CCCCC2. The lowest BCUT2D eigenvalue weighted by Crippen LogP contribution is -2.30. The largest absolute Gasteiger partial charge is 0.462 e. The number of nitrogens with zero attached hydrogens (tertiary/aromatic N) is 2. The van der Waals surface area contributed by atoms with Crippen molar-refractivity contribution in [2.45, 2.75) is 58.9 Å². The molecule has 0 spiro atoms. The summed E-state index contributed by atoms with van der Waals surface area (Å²) in [6.45, 7) is 5.77. The average Bonchev–Trinajstić information content (AvgIpc) is 3.14. The number of ether oxygens (including phenoxy) is 1. The van der Waals surface area contributed by atoms with Gasteiger partial charge in [0.2, 0.25) is 0 Å². The molecule has 3 rings (SSSR count). The van der Waals surface area contributed by atoms with E-state index >= 15 is 0 Å². The molecule has 8 heteroatoms. The lowest BCUT2D eigenvalue weighted by atomic mass is 10.1. The molecule has 152 valence electrons. The van der Waals surface area contributed by atoms with E-state index in [0.29, 0.717) is 17.3 Å². The first-order valence-electron chi connectivity index (χ1n) is 9.95. The fourth-order valence-electron chi connectivity index (χ4n) is 3.43. The zero-order chi connectivity index (χ0) is 19.9. The van der Waals surface area contributed by atoms with Gasteiger partial charge in [0.05, 0.1) is 17.9 Å². The minimum absolute atomic E-state index is 0.249. The standard InChI is InChI=1S/C20H28N4O2S2/c1-3-26-19(25)17-15-8-5-4-6-9-16(15)28-18(17)22-20(27)21-11-7-12-24-13-10-14(2)23-24/h10,13H,3-9,11-12H2,1-2H3,(H2,21,22,27). The van der Waals surface area contributed by atoms with Crippen LogP contribution in [-0.2, 0) is 24.1 Å². The molecule has 2 heterocycles. The van der Waals surface area contributed by atoms with Crippen LogP contribution in [0.5, 0.6) is 0 Å². The van der Waals surface area contributed by atoms with E-state index in [2.05, 4.69) is 15.7 Å². The third kappa shape index (κ3) is 5.32. The number of rotatable bonds is 7. The Morgan fingerprint density at radius 3 is 2.93 bits per heavy atom. The van der Waals surface area contributed by atoms with E-state index in [0.717, 1.165) is 55.0 Å². The van der Waals surface area contributed by atoms with Gasteiger partial charge in [0.15, 0.2) is 5.11 Å². The van der Waals surface area contributed by atoms with Crippen LogP contribution in [0.15, 0.2) is 12.3 Å². The normalized spacial score (nSPS) is 13.5. The summed E-state index contributed by atoms with van der Waals surface area (Å²) in [6.07, 6.45) is 8.35. The van der Waals surface area contributed by atoms with Crippen molar-refractivity contribution in [3.63, 3.8) is 0 Å². The quantitative estimate of drug-likeness (QED) is 0.305. The maximum absolute atomic E-state index is 12.6. The molecule has 0 amide bonds. The second kappa shape index (κ2) is 10.0. The monoisotopic (exact) mass is 420 g/mol. The van der Waals surface area contributed by atoms with Crippen molar-refractivity contribution >= 4 is 39.6 Å². The smallest absolute Gasteiger partial charge is 0.341 e. The van der Waals surface area contributed by atoms with Crippen molar-refractivity contribution in [2.24, 2.45) is 0 Å². The molecule has 0 saturated heterocycles. The first-order valence-corrected chi connectivity index (χ1v) is 11.2. The fraction of sp³-hybridized carbons (Fsp3) is 0.550. The molecule has 0 atom stereocenters. The van der Waals surface area contributed by atoms with E-state index in [4.69, 9.17) is 17.0 Å². The third-order valence-electron chi connectivity index (χ3n) is 4.75. The maximum atomic E-state index is 12.6. The van der Waals surface area contributed by atoms with Gasteiger partial charge in [-0.2, -0.15) is 5.10 Å². The molecule has 1 aliphatic rings.